The monoisotopic (exact) mass is 554 g/mol. The van der Waals surface area contributed by atoms with Gasteiger partial charge in [-0.15, -0.1) is 23.7 Å². The van der Waals surface area contributed by atoms with Gasteiger partial charge in [0.05, 0.1) is 6.04 Å². The molecule has 2 aromatic rings. The number of likely N-dealkylation sites (tertiary alicyclic amines) is 1. The smallest absolute Gasteiger partial charge is 0.274 e. The van der Waals surface area contributed by atoms with Gasteiger partial charge in [-0.25, -0.2) is 9.97 Å². The summed E-state index contributed by atoms with van der Waals surface area (Å²) < 4.78 is 1.78. The third kappa shape index (κ3) is 7.63. The number of guanidine groups is 1. The molecule has 1 aliphatic heterocycles. The van der Waals surface area contributed by atoms with Gasteiger partial charge >= 0.3 is 0 Å². The summed E-state index contributed by atoms with van der Waals surface area (Å²) in [5, 5.41) is 17.4. The average Bonchev–Trinajstić information content (AvgIpc) is 3.55. The topological polar surface area (TPSA) is 197 Å². The van der Waals surface area contributed by atoms with Gasteiger partial charge in [0.15, 0.2) is 5.96 Å². The number of aryl methyl sites for hydroxylation is 2. The van der Waals surface area contributed by atoms with Gasteiger partial charge in [-0.2, -0.15) is 0 Å². The van der Waals surface area contributed by atoms with E-state index in [2.05, 4.69) is 25.9 Å². The molecule has 15 heteroatoms. The van der Waals surface area contributed by atoms with Gasteiger partial charge < -0.3 is 36.9 Å². The summed E-state index contributed by atoms with van der Waals surface area (Å²) >= 11 is 1.28. The van der Waals surface area contributed by atoms with Crippen molar-refractivity contribution in [3.63, 3.8) is 0 Å². The molecule has 0 radical (unpaired) electrons. The maximum absolute atomic E-state index is 13.1. The highest BCUT2D eigenvalue weighted by molar-refractivity contribution is 7.09. The number of halogens is 1. The first-order chi connectivity index (χ1) is 17.1. The Kier molecular flexibility index (Phi) is 10.8. The van der Waals surface area contributed by atoms with Crippen molar-refractivity contribution in [3.8, 4) is 0 Å². The Morgan fingerprint density at radius 3 is 2.62 bits per heavy atom. The number of likely N-dealkylation sites (N-methyl/N-ethyl adjacent to an activating group) is 1. The second-order valence-electron chi connectivity index (χ2n) is 8.80. The lowest BCUT2D eigenvalue weighted by atomic mass is 10.1. The number of hydrogen-bond acceptors (Lipinski definition) is 8. The van der Waals surface area contributed by atoms with Crippen molar-refractivity contribution in [3.05, 3.63) is 33.8 Å². The summed E-state index contributed by atoms with van der Waals surface area (Å²) in [5.74, 6) is -0.371. The van der Waals surface area contributed by atoms with E-state index in [1.807, 2.05) is 14.0 Å². The Labute approximate surface area is 225 Å². The largest absolute Gasteiger partial charge is 0.370 e. The molecule has 1 saturated heterocycles. The van der Waals surface area contributed by atoms with Crippen LogP contribution in [0.4, 0.5) is 0 Å². The van der Waals surface area contributed by atoms with Gasteiger partial charge in [0, 0.05) is 44.8 Å². The van der Waals surface area contributed by atoms with Crippen LogP contribution < -0.4 is 27.4 Å². The molecule has 1 aliphatic rings. The number of amides is 3. The lowest BCUT2D eigenvalue weighted by Crippen LogP contribution is -2.45. The zero-order valence-corrected chi connectivity index (χ0v) is 22.7. The fraction of sp³-hybridized carbons (Fsp3) is 0.545. The van der Waals surface area contributed by atoms with E-state index in [1.165, 1.54) is 18.4 Å². The van der Waals surface area contributed by atoms with Gasteiger partial charge in [-0.05, 0) is 32.6 Å². The number of unbranched alkanes of at least 4 members (excludes halogenated alkanes) is 1. The standard InChI is InChI=1S/C22H34N10O3S.ClH/c1-12-28-15(10-31(12)3)21(35)32-9-13(23)8-17(32)20-30-16(11-36-20)19(34)29-14(18(33)26-2)6-4-5-7-27-22(24)25;/h10-11,13-14,17H,4-9,23H2,1-3H3,(H,26,33)(H,29,34)(H4,24,25,27);1H/t13-,14+,17+;/m1./s1. The van der Waals surface area contributed by atoms with E-state index in [0.29, 0.717) is 49.5 Å². The van der Waals surface area contributed by atoms with Crippen LogP contribution in [0.5, 0.6) is 0 Å². The molecule has 3 atom stereocenters. The van der Waals surface area contributed by atoms with Crippen molar-refractivity contribution < 1.29 is 14.4 Å². The Morgan fingerprint density at radius 2 is 2.00 bits per heavy atom. The molecule has 204 valence electrons. The Morgan fingerprint density at radius 1 is 1.27 bits per heavy atom. The normalized spacial score (nSPS) is 17.6. The number of hydrogen-bond donors (Lipinski definition) is 6. The zero-order chi connectivity index (χ0) is 26.4. The van der Waals surface area contributed by atoms with E-state index in [4.69, 9.17) is 16.9 Å². The summed E-state index contributed by atoms with van der Waals surface area (Å²) in [6.07, 6.45) is 3.97. The van der Waals surface area contributed by atoms with E-state index in [1.54, 1.807) is 21.0 Å². The highest BCUT2D eigenvalue weighted by Crippen LogP contribution is 2.34. The van der Waals surface area contributed by atoms with Gasteiger partial charge in [0.25, 0.3) is 11.8 Å². The maximum Gasteiger partial charge on any atom is 0.274 e. The van der Waals surface area contributed by atoms with Crippen LogP contribution in [0.15, 0.2) is 11.6 Å². The number of carbonyl (C=O) groups excluding carboxylic acids is 3. The first-order valence-corrected chi connectivity index (χ1v) is 12.6. The Bertz CT molecular complexity index is 1100. The van der Waals surface area contributed by atoms with Crippen molar-refractivity contribution >= 4 is 47.4 Å². The van der Waals surface area contributed by atoms with Crippen molar-refractivity contribution in [2.45, 2.75) is 50.7 Å². The zero-order valence-electron chi connectivity index (χ0n) is 21.1. The minimum atomic E-state index is -0.727. The summed E-state index contributed by atoms with van der Waals surface area (Å²) in [4.78, 5) is 48.8. The summed E-state index contributed by atoms with van der Waals surface area (Å²) in [6.45, 7) is 2.71. The fourth-order valence-electron chi connectivity index (χ4n) is 4.05. The minimum Gasteiger partial charge on any atom is -0.370 e. The third-order valence-corrected chi connectivity index (χ3v) is 7.01. The molecule has 0 aromatic carbocycles. The molecule has 3 amide bonds. The molecule has 0 aliphatic carbocycles. The summed E-state index contributed by atoms with van der Waals surface area (Å²) in [5.41, 5.74) is 12.0. The summed E-state index contributed by atoms with van der Waals surface area (Å²) in [6, 6.07) is -1.29. The SMILES string of the molecule is CNC(=O)[C@H](CCCCNC(=N)N)NC(=O)c1csc([C@@H]2C[C@@H](N)CN2C(=O)c2cn(C)c(C)n2)n1.Cl. The number of nitrogens with one attached hydrogen (secondary N) is 4. The van der Waals surface area contributed by atoms with Crippen LogP contribution in [0.3, 0.4) is 0 Å². The van der Waals surface area contributed by atoms with Gasteiger partial charge in [0.1, 0.15) is 28.3 Å². The first-order valence-electron chi connectivity index (χ1n) is 11.7. The van der Waals surface area contributed by atoms with Crippen LogP contribution in [-0.4, -0.2) is 75.3 Å². The van der Waals surface area contributed by atoms with Crippen molar-refractivity contribution in [1.29, 1.82) is 5.41 Å². The van der Waals surface area contributed by atoms with Crippen molar-refractivity contribution in [2.24, 2.45) is 18.5 Å². The second kappa shape index (κ2) is 13.4. The number of aromatic nitrogens is 3. The molecule has 37 heavy (non-hydrogen) atoms. The lowest BCUT2D eigenvalue weighted by molar-refractivity contribution is -0.122. The van der Waals surface area contributed by atoms with Crippen molar-refractivity contribution in [2.75, 3.05) is 20.1 Å². The number of rotatable bonds is 10. The van der Waals surface area contributed by atoms with E-state index in [9.17, 15) is 14.4 Å². The lowest BCUT2D eigenvalue weighted by Gasteiger charge is -2.22. The van der Waals surface area contributed by atoms with Crippen LogP contribution in [0.25, 0.3) is 0 Å². The number of imidazole rings is 1. The molecule has 0 unspecified atom stereocenters. The fourth-order valence-corrected chi connectivity index (χ4v) is 4.98. The van der Waals surface area contributed by atoms with Crippen LogP contribution in [0.2, 0.25) is 0 Å². The number of carbonyl (C=O) groups is 3. The Balaban J connectivity index is 0.00000481. The number of thiazole rings is 1. The van der Waals surface area contributed by atoms with Gasteiger partial charge in [0.2, 0.25) is 5.91 Å². The quantitative estimate of drug-likeness (QED) is 0.134. The number of nitrogens with two attached hydrogens (primary N) is 2. The predicted octanol–water partition coefficient (Wildman–Crippen LogP) is 0.0191. The van der Waals surface area contributed by atoms with E-state index in [-0.39, 0.29) is 48.0 Å². The molecular weight excluding hydrogens is 520 g/mol. The molecular formula is C22H35ClN10O3S. The Hall–Kier alpha value is -3.23. The average molecular weight is 555 g/mol. The highest BCUT2D eigenvalue weighted by atomic mass is 35.5. The predicted molar refractivity (Wildman–Crippen MR) is 143 cm³/mol. The van der Waals surface area contributed by atoms with Crippen LogP contribution >= 0.6 is 23.7 Å². The maximum atomic E-state index is 13.1. The molecule has 0 spiro atoms. The second-order valence-corrected chi connectivity index (χ2v) is 9.69. The van der Waals surface area contributed by atoms with Gasteiger partial charge in [-0.1, -0.05) is 0 Å². The van der Waals surface area contributed by atoms with E-state index >= 15 is 0 Å². The molecule has 3 rings (SSSR count). The van der Waals surface area contributed by atoms with Crippen LogP contribution in [0.1, 0.15) is 63.5 Å². The first kappa shape index (κ1) is 30.0. The van der Waals surface area contributed by atoms with Crippen LogP contribution in [0, 0.1) is 12.3 Å². The van der Waals surface area contributed by atoms with E-state index < -0.39 is 11.9 Å². The molecule has 0 saturated carbocycles. The molecule has 1 fully saturated rings. The molecule has 2 aromatic heterocycles. The van der Waals surface area contributed by atoms with Crippen LogP contribution in [-0.2, 0) is 11.8 Å². The molecule has 0 bridgehead atoms. The number of nitrogens with zero attached hydrogens (tertiary/aromatic N) is 4. The molecule has 3 heterocycles. The van der Waals surface area contributed by atoms with Crippen molar-refractivity contribution in [1.82, 2.24) is 35.4 Å². The van der Waals surface area contributed by atoms with Gasteiger partial charge in [-0.3, -0.25) is 19.8 Å². The summed E-state index contributed by atoms with van der Waals surface area (Å²) in [7, 11) is 3.34. The minimum absolute atomic E-state index is 0. The molecule has 13 nitrogen and oxygen atoms in total. The molecule has 8 N–H and O–H groups in total. The van der Waals surface area contributed by atoms with E-state index in [0.717, 1.165) is 5.82 Å². The highest BCUT2D eigenvalue weighted by Gasteiger charge is 2.38. The third-order valence-electron chi connectivity index (χ3n) is 6.06.